The van der Waals surface area contributed by atoms with E-state index in [4.69, 9.17) is 4.74 Å². The molecule has 1 aromatic carbocycles. The minimum absolute atomic E-state index is 0.160. The van der Waals surface area contributed by atoms with Crippen molar-refractivity contribution < 1.29 is 9.53 Å². The van der Waals surface area contributed by atoms with Gasteiger partial charge >= 0.3 is 5.97 Å². The molecule has 0 N–H and O–H groups in total. The Balaban J connectivity index is 2.45. The lowest BCUT2D eigenvalue weighted by atomic mass is 9.69. The van der Waals surface area contributed by atoms with Gasteiger partial charge in [-0.05, 0) is 38.2 Å². The molecular formula is C19H24O2. The molecule has 2 heteroatoms. The largest absolute Gasteiger partial charge is 0.469 e. The summed E-state index contributed by atoms with van der Waals surface area (Å²) in [5.74, 6) is 0.486. The number of rotatable bonds is 4. The second kappa shape index (κ2) is 6.75. The van der Waals surface area contributed by atoms with Crippen molar-refractivity contribution in [1.82, 2.24) is 0 Å². The quantitative estimate of drug-likeness (QED) is 0.595. The molecule has 0 heterocycles. The van der Waals surface area contributed by atoms with Crippen molar-refractivity contribution in [3.8, 4) is 0 Å². The lowest BCUT2D eigenvalue weighted by Crippen LogP contribution is -2.23. The van der Waals surface area contributed by atoms with E-state index in [1.54, 1.807) is 0 Å². The van der Waals surface area contributed by atoms with Crippen LogP contribution in [0.2, 0.25) is 0 Å². The molecule has 1 aliphatic carbocycles. The number of methoxy groups -OCH3 is 1. The molecule has 0 radical (unpaired) electrons. The third kappa shape index (κ3) is 3.44. The Labute approximate surface area is 127 Å². The number of hydrogen-bond acceptors (Lipinski definition) is 2. The van der Waals surface area contributed by atoms with Crippen molar-refractivity contribution in [2.75, 3.05) is 7.11 Å². The summed E-state index contributed by atoms with van der Waals surface area (Å²) >= 11 is 0. The van der Waals surface area contributed by atoms with Crippen LogP contribution in [0.15, 0.2) is 53.6 Å². The van der Waals surface area contributed by atoms with Crippen LogP contribution in [0, 0.1) is 5.92 Å². The van der Waals surface area contributed by atoms with Crippen LogP contribution in [-0.4, -0.2) is 13.1 Å². The maximum atomic E-state index is 11.8. The lowest BCUT2D eigenvalue weighted by Gasteiger charge is -2.35. The van der Waals surface area contributed by atoms with Crippen LogP contribution in [0.5, 0.6) is 0 Å². The first kappa shape index (κ1) is 15.6. The van der Waals surface area contributed by atoms with Crippen LogP contribution in [-0.2, 0) is 9.53 Å². The number of allylic oxidation sites excluding steroid dienone is 2. The Kier molecular flexibility index (Phi) is 5.00. The summed E-state index contributed by atoms with van der Waals surface area (Å²) in [4.78, 5) is 11.8. The monoisotopic (exact) mass is 284 g/mol. The molecule has 0 amide bonds. The van der Waals surface area contributed by atoms with Crippen molar-refractivity contribution in [3.63, 3.8) is 0 Å². The van der Waals surface area contributed by atoms with E-state index in [-0.39, 0.29) is 11.9 Å². The molecule has 1 unspecified atom stereocenters. The second-order valence-corrected chi connectivity index (χ2v) is 5.94. The highest BCUT2D eigenvalue weighted by Crippen LogP contribution is 2.45. The van der Waals surface area contributed by atoms with E-state index in [1.165, 1.54) is 29.4 Å². The zero-order valence-electron chi connectivity index (χ0n) is 13.2. The maximum Gasteiger partial charge on any atom is 0.309 e. The van der Waals surface area contributed by atoms with E-state index in [0.29, 0.717) is 12.3 Å². The van der Waals surface area contributed by atoms with Crippen LogP contribution >= 0.6 is 0 Å². The lowest BCUT2D eigenvalue weighted by molar-refractivity contribution is -0.139. The van der Waals surface area contributed by atoms with Gasteiger partial charge in [-0.15, -0.1) is 0 Å². The Morgan fingerprint density at radius 2 is 2.00 bits per heavy atom. The Morgan fingerprint density at radius 1 is 1.33 bits per heavy atom. The normalized spacial score (nSPS) is 22.0. The van der Waals surface area contributed by atoms with Crippen LogP contribution in [0.1, 0.15) is 44.6 Å². The number of esters is 1. The number of carbonyl (C=O) groups excluding carboxylic acids is 1. The minimum atomic E-state index is -0.160. The summed E-state index contributed by atoms with van der Waals surface area (Å²) < 4.78 is 4.89. The van der Waals surface area contributed by atoms with Gasteiger partial charge in [0.2, 0.25) is 0 Å². The standard InChI is InChI=1S/C19H24O2/c1-13(2)16-11-10-14(3)17(12-18(20)21-4)19(16)15-8-6-5-7-9-15/h5-9,16,19H,1,10-12H2,2-4H3/t16-,19?/m0/s1. The molecule has 0 saturated carbocycles. The van der Waals surface area contributed by atoms with E-state index in [2.05, 4.69) is 44.7 Å². The van der Waals surface area contributed by atoms with E-state index in [0.717, 1.165) is 12.8 Å². The van der Waals surface area contributed by atoms with E-state index in [9.17, 15) is 4.79 Å². The molecule has 2 atom stereocenters. The summed E-state index contributed by atoms with van der Waals surface area (Å²) in [6.07, 6.45) is 2.52. The van der Waals surface area contributed by atoms with E-state index >= 15 is 0 Å². The average molecular weight is 284 g/mol. The molecule has 0 saturated heterocycles. The third-order valence-electron chi connectivity index (χ3n) is 4.51. The molecule has 0 aliphatic heterocycles. The topological polar surface area (TPSA) is 26.3 Å². The Morgan fingerprint density at radius 3 is 2.57 bits per heavy atom. The highest BCUT2D eigenvalue weighted by Gasteiger charge is 2.32. The first-order chi connectivity index (χ1) is 10.0. The summed E-state index contributed by atoms with van der Waals surface area (Å²) in [6, 6.07) is 10.4. The predicted octanol–water partition coefficient (Wildman–Crippen LogP) is 4.64. The van der Waals surface area contributed by atoms with Crippen molar-refractivity contribution in [1.29, 1.82) is 0 Å². The van der Waals surface area contributed by atoms with Gasteiger partial charge in [0.1, 0.15) is 0 Å². The van der Waals surface area contributed by atoms with Crippen molar-refractivity contribution >= 4 is 5.97 Å². The van der Waals surface area contributed by atoms with Crippen LogP contribution in [0.4, 0.5) is 0 Å². The smallest absolute Gasteiger partial charge is 0.309 e. The fourth-order valence-electron chi connectivity index (χ4n) is 3.32. The van der Waals surface area contributed by atoms with Gasteiger partial charge in [-0.2, -0.15) is 0 Å². The molecule has 1 aliphatic rings. The zero-order chi connectivity index (χ0) is 15.4. The van der Waals surface area contributed by atoms with Crippen LogP contribution in [0.25, 0.3) is 0 Å². The highest BCUT2D eigenvalue weighted by molar-refractivity contribution is 5.73. The van der Waals surface area contributed by atoms with Gasteiger partial charge in [-0.3, -0.25) is 4.79 Å². The van der Waals surface area contributed by atoms with Crippen LogP contribution in [0.3, 0.4) is 0 Å². The maximum absolute atomic E-state index is 11.8. The van der Waals surface area contributed by atoms with Gasteiger partial charge in [0.15, 0.2) is 0 Å². The molecular weight excluding hydrogens is 260 g/mol. The van der Waals surface area contributed by atoms with E-state index in [1.807, 2.05) is 6.07 Å². The summed E-state index contributed by atoms with van der Waals surface area (Å²) in [5.41, 5.74) is 5.00. The van der Waals surface area contributed by atoms with Gasteiger partial charge in [0.05, 0.1) is 13.5 Å². The van der Waals surface area contributed by atoms with Gasteiger partial charge in [-0.25, -0.2) is 0 Å². The summed E-state index contributed by atoms with van der Waals surface area (Å²) in [6.45, 7) is 8.41. The zero-order valence-corrected chi connectivity index (χ0v) is 13.2. The van der Waals surface area contributed by atoms with Gasteiger partial charge in [0.25, 0.3) is 0 Å². The molecule has 2 rings (SSSR count). The van der Waals surface area contributed by atoms with Gasteiger partial charge < -0.3 is 4.74 Å². The Hall–Kier alpha value is -1.83. The fourth-order valence-corrected chi connectivity index (χ4v) is 3.32. The first-order valence-electron chi connectivity index (χ1n) is 7.50. The van der Waals surface area contributed by atoms with Gasteiger partial charge in [-0.1, -0.05) is 53.6 Å². The highest BCUT2D eigenvalue weighted by atomic mass is 16.5. The summed E-state index contributed by atoms with van der Waals surface area (Å²) in [7, 11) is 1.45. The van der Waals surface area contributed by atoms with Crippen molar-refractivity contribution in [2.45, 2.75) is 39.0 Å². The number of carbonyl (C=O) groups is 1. The molecule has 1 aromatic rings. The number of benzene rings is 1. The number of hydrogen-bond donors (Lipinski definition) is 0. The third-order valence-corrected chi connectivity index (χ3v) is 4.51. The first-order valence-corrected chi connectivity index (χ1v) is 7.50. The molecule has 0 bridgehead atoms. The fraction of sp³-hybridized carbons (Fsp3) is 0.421. The van der Waals surface area contributed by atoms with E-state index < -0.39 is 0 Å². The van der Waals surface area contributed by atoms with Gasteiger partial charge in [0, 0.05) is 5.92 Å². The molecule has 2 nitrogen and oxygen atoms in total. The SMILES string of the molecule is C=C(C)[C@@H]1CCC(C)=C(CC(=O)OC)C1c1ccccc1. The average Bonchev–Trinajstić information content (AvgIpc) is 2.49. The molecule has 0 aromatic heterocycles. The molecule has 0 fully saturated rings. The second-order valence-electron chi connectivity index (χ2n) is 5.94. The van der Waals surface area contributed by atoms with Crippen molar-refractivity contribution in [3.05, 3.63) is 59.2 Å². The van der Waals surface area contributed by atoms with Crippen LogP contribution < -0.4 is 0 Å². The Bertz CT molecular complexity index is 554. The van der Waals surface area contributed by atoms with Crippen molar-refractivity contribution in [2.24, 2.45) is 5.92 Å². The molecule has 21 heavy (non-hydrogen) atoms. The molecule has 0 spiro atoms. The number of ether oxygens (including phenoxy) is 1. The summed E-state index contributed by atoms with van der Waals surface area (Å²) in [5, 5.41) is 0. The molecule has 112 valence electrons. The minimum Gasteiger partial charge on any atom is -0.469 e. The predicted molar refractivity (Wildman–Crippen MR) is 86.1 cm³/mol.